The van der Waals surface area contributed by atoms with E-state index in [1.165, 1.54) is 0 Å². The van der Waals surface area contributed by atoms with Gasteiger partial charge in [-0.25, -0.2) is 9.00 Å². The first kappa shape index (κ1) is 23.6. The number of ether oxygens (including phenoxy) is 1. The summed E-state index contributed by atoms with van der Waals surface area (Å²) in [5, 5.41) is 9.85. The molecule has 1 aliphatic rings. The van der Waals surface area contributed by atoms with Crippen molar-refractivity contribution in [1.29, 1.82) is 5.26 Å². The molecule has 7 nitrogen and oxygen atoms in total. The van der Waals surface area contributed by atoms with Gasteiger partial charge in [0.05, 0.1) is 28.4 Å². The zero-order chi connectivity index (χ0) is 23.1. The Hall–Kier alpha value is -3.05. The number of nitrogens with zero attached hydrogens (tertiary/aromatic N) is 4. The van der Waals surface area contributed by atoms with E-state index in [0.29, 0.717) is 50.8 Å². The summed E-state index contributed by atoms with van der Waals surface area (Å²) in [5.74, 6) is 0.295. The second kappa shape index (κ2) is 11.0. The van der Waals surface area contributed by atoms with Crippen LogP contribution in [0.15, 0.2) is 53.4 Å². The summed E-state index contributed by atoms with van der Waals surface area (Å²) >= 11 is 0. The van der Waals surface area contributed by atoms with Gasteiger partial charge in [0.25, 0.3) is 0 Å². The van der Waals surface area contributed by atoms with E-state index in [-0.39, 0.29) is 6.09 Å². The Bertz CT molecular complexity index is 982. The van der Waals surface area contributed by atoms with Gasteiger partial charge in [0.15, 0.2) is 11.0 Å². The molecule has 1 unspecified atom stereocenters. The molecule has 0 N–H and O–H groups in total. The molecule has 1 saturated heterocycles. The van der Waals surface area contributed by atoms with Gasteiger partial charge in [-0.05, 0) is 43.2 Å². The monoisotopic (exact) mass is 454 g/mol. The average Bonchev–Trinajstić information content (AvgIpc) is 2.82. The van der Waals surface area contributed by atoms with Crippen LogP contribution in [0.4, 0.5) is 16.2 Å². The zero-order valence-corrected chi connectivity index (χ0v) is 19.7. The van der Waals surface area contributed by atoms with Gasteiger partial charge in [-0.1, -0.05) is 32.0 Å². The lowest BCUT2D eigenvalue weighted by Gasteiger charge is -2.36. The highest BCUT2D eigenvalue weighted by Crippen LogP contribution is 2.29. The molecule has 0 bridgehead atoms. The first-order valence-electron chi connectivity index (χ1n) is 10.9. The maximum absolute atomic E-state index is 13.3. The van der Waals surface area contributed by atoms with E-state index < -0.39 is 11.0 Å². The molecule has 8 heteroatoms. The van der Waals surface area contributed by atoms with Crippen LogP contribution in [0.5, 0.6) is 0 Å². The third-order valence-corrected chi connectivity index (χ3v) is 6.65. The molecule has 170 valence electrons. The second-order valence-corrected chi connectivity index (χ2v) is 9.41. The van der Waals surface area contributed by atoms with E-state index in [0.717, 1.165) is 16.3 Å². The Morgan fingerprint density at radius 1 is 1.16 bits per heavy atom. The number of hydrogen-bond donors (Lipinski definition) is 0. The van der Waals surface area contributed by atoms with E-state index in [1.807, 2.05) is 52.8 Å². The highest BCUT2D eigenvalue weighted by molar-refractivity contribution is 7.86. The number of piperazine rings is 1. The Kier molecular flexibility index (Phi) is 8.12. The SMILES string of the molecule is CCOC(=O)N1CCN(c2ccc(N(CC(C)C)S(=O)c3ccccc3)cc2C#N)CC1. The molecular weight excluding hydrogens is 424 g/mol. The minimum atomic E-state index is -1.37. The van der Waals surface area contributed by atoms with Crippen LogP contribution in [0.1, 0.15) is 26.3 Å². The van der Waals surface area contributed by atoms with E-state index in [2.05, 4.69) is 24.8 Å². The topological polar surface area (TPSA) is 76.9 Å². The molecule has 1 amide bonds. The molecule has 1 heterocycles. The van der Waals surface area contributed by atoms with Crippen molar-refractivity contribution in [3.8, 4) is 6.07 Å². The van der Waals surface area contributed by atoms with Crippen molar-refractivity contribution >= 4 is 28.5 Å². The van der Waals surface area contributed by atoms with E-state index >= 15 is 0 Å². The lowest BCUT2D eigenvalue weighted by molar-refractivity contribution is 0.105. The largest absolute Gasteiger partial charge is 0.450 e. The summed E-state index contributed by atoms with van der Waals surface area (Å²) in [6, 6.07) is 17.3. The fourth-order valence-corrected chi connectivity index (χ4v) is 5.04. The summed E-state index contributed by atoms with van der Waals surface area (Å²) in [6.45, 7) is 9.25. The van der Waals surface area contributed by atoms with Crippen molar-refractivity contribution in [2.45, 2.75) is 25.7 Å². The van der Waals surface area contributed by atoms with Crippen LogP contribution in [0, 0.1) is 17.2 Å². The van der Waals surface area contributed by atoms with E-state index in [1.54, 1.807) is 11.8 Å². The molecule has 0 saturated carbocycles. The van der Waals surface area contributed by atoms with Crippen LogP contribution in [0.25, 0.3) is 0 Å². The predicted molar refractivity (Wildman–Crippen MR) is 127 cm³/mol. The fourth-order valence-electron chi connectivity index (χ4n) is 3.65. The fraction of sp³-hybridized carbons (Fsp3) is 0.417. The molecule has 32 heavy (non-hydrogen) atoms. The maximum Gasteiger partial charge on any atom is 0.409 e. The number of nitriles is 1. The Balaban J connectivity index is 1.82. The molecule has 0 radical (unpaired) electrons. The molecule has 0 aromatic heterocycles. The number of carbonyl (C=O) groups excluding carboxylic acids is 1. The Labute approximate surface area is 192 Å². The predicted octanol–water partition coefficient (Wildman–Crippen LogP) is 4.02. The minimum absolute atomic E-state index is 0.295. The van der Waals surface area contributed by atoms with Gasteiger partial charge in [-0.15, -0.1) is 0 Å². The minimum Gasteiger partial charge on any atom is -0.450 e. The normalized spacial score (nSPS) is 14.7. The zero-order valence-electron chi connectivity index (χ0n) is 18.9. The first-order valence-corrected chi connectivity index (χ1v) is 12.0. The van der Waals surface area contributed by atoms with Crippen LogP contribution in [0.3, 0.4) is 0 Å². The van der Waals surface area contributed by atoms with Crippen molar-refractivity contribution in [2.24, 2.45) is 5.92 Å². The molecule has 3 rings (SSSR count). The highest BCUT2D eigenvalue weighted by Gasteiger charge is 2.25. The van der Waals surface area contributed by atoms with Crippen LogP contribution in [-0.4, -0.2) is 54.5 Å². The third kappa shape index (κ3) is 5.60. The maximum atomic E-state index is 13.3. The number of anilines is 2. The third-order valence-electron chi connectivity index (χ3n) is 5.21. The van der Waals surface area contributed by atoms with Crippen molar-refractivity contribution < 1.29 is 13.7 Å². The summed E-state index contributed by atoms with van der Waals surface area (Å²) < 4.78 is 20.2. The molecule has 0 spiro atoms. The van der Waals surface area contributed by atoms with Crippen LogP contribution in [-0.2, 0) is 15.7 Å². The Morgan fingerprint density at radius 2 is 1.84 bits per heavy atom. The summed E-state index contributed by atoms with van der Waals surface area (Å²) in [4.78, 5) is 16.5. The van der Waals surface area contributed by atoms with Gasteiger partial charge in [0.1, 0.15) is 6.07 Å². The van der Waals surface area contributed by atoms with Crippen molar-refractivity contribution in [1.82, 2.24) is 4.90 Å². The molecular formula is C24H30N4O3S. The molecule has 1 aliphatic heterocycles. The van der Waals surface area contributed by atoms with Crippen LogP contribution >= 0.6 is 0 Å². The quantitative estimate of drug-likeness (QED) is 0.631. The number of amides is 1. The number of carbonyl (C=O) groups is 1. The van der Waals surface area contributed by atoms with Crippen molar-refractivity contribution in [3.63, 3.8) is 0 Å². The van der Waals surface area contributed by atoms with Crippen molar-refractivity contribution in [3.05, 3.63) is 54.1 Å². The summed E-state index contributed by atoms with van der Waals surface area (Å²) in [5.41, 5.74) is 2.12. The van der Waals surface area contributed by atoms with Gasteiger partial charge in [0.2, 0.25) is 0 Å². The molecule has 2 aromatic carbocycles. The highest BCUT2D eigenvalue weighted by atomic mass is 32.2. The smallest absolute Gasteiger partial charge is 0.409 e. The van der Waals surface area contributed by atoms with Gasteiger partial charge >= 0.3 is 6.09 Å². The van der Waals surface area contributed by atoms with Gasteiger partial charge in [0, 0.05) is 32.7 Å². The van der Waals surface area contributed by atoms with E-state index in [4.69, 9.17) is 4.74 Å². The van der Waals surface area contributed by atoms with Gasteiger partial charge in [-0.2, -0.15) is 5.26 Å². The van der Waals surface area contributed by atoms with Crippen LogP contribution in [0.2, 0.25) is 0 Å². The van der Waals surface area contributed by atoms with Crippen LogP contribution < -0.4 is 9.21 Å². The standard InChI is InChI=1S/C24H30N4O3S/c1-4-31-24(29)27-14-12-26(13-15-27)23-11-10-21(16-20(23)17-25)28(18-19(2)3)32(30)22-8-6-5-7-9-22/h5-11,16,19H,4,12-15,18H2,1-3H3. The lowest BCUT2D eigenvalue weighted by Crippen LogP contribution is -2.49. The molecule has 0 aliphatic carbocycles. The number of hydrogen-bond acceptors (Lipinski definition) is 5. The number of rotatable bonds is 7. The number of benzene rings is 2. The molecule has 1 atom stereocenters. The average molecular weight is 455 g/mol. The summed E-state index contributed by atoms with van der Waals surface area (Å²) in [6.07, 6.45) is -0.296. The molecule has 1 fully saturated rings. The van der Waals surface area contributed by atoms with Gasteiger partial charge < -0.3 is 14.5 Å². The summed E-state index contributed by atoms with van der Waals surface area (Å²) in [7, 11) is -1.37. The van der Waals surface area contributed by atoms with Gasteiger partial charge in [-0.3, -0.25) is 4.31 Å². The van der Waals surface area contributed by atoms with E-state index in [9.17, 15) is 14.3 Å². The second-order valence-electron chi connectivity index (χ2n) is 8.00. The lowest BCUT2D eigenvalue weighted by atomic mass is 10.1. The van der Waals surface area contributed by atoms with Crippen molar-refractivity contribution in [2.75, 3.05) is 48.5 Å². The molecule has 2 aromatic rings. The first-order chi connectivity index (χ1) is 15.4. The Morgan fingerprint density at radius 3 is 2.44 bits per heavy atom.